The van der Waals surface area contributed by atoms with E-state index in [1.165, 1.54) is 4.90 Å². The molecule has 0 aliphatic carbocycles. The van der Waals surface area contributed by atoms with Crippen LogP contribution in [0.5, 0.6) is 0 Å². The Morgan fingerprint density at radius 3 is 2.73 bits per heavy atom. The van der Waals surface area contributed by atoms with E-state index in [4.69, 9.17) is 12.2 Å². The van der Waals surface area contributed by atoms with Gasteiger partial charge in [-0.15, -0.1) is 24.1 Å². The molecule has 0 aliphatic rings. The van der Waals surface area contributed by atoms with Crippen molar-refractivity contribution in [1.82, 2.24) is 0 Å². The van der Waals surface area contributed by atoms with Crippen molar-refractivity contribution >= 4 is 11.8 Å². The lowest BCUT2D eigenvalue weighted by molar-refractivity contribution is 0.641. The molecule has 0 fully saturated rings. The summed E-state index contributed by atoms with van der Waals surface area (Å²) < 4.78 is 0. The summed E-state index contributed by atoms with van der Waals surface area (Å²) in [4.78, 5) is 1.28. The number of terminal acetylenes is 1. The van der Waals surface area contributed by atoms with Crippen molar-refractivity contribution in [1.29, 1.82) is 0 Å². The standard InChI is InChI=1S/C13H17NS/c1-2-3-5-8-12(14)11-15-13-9-6-4-7-10-13/h1,4,6-7,9-10,12H,3,5,8,11,14H2. The van der Waals surface area contributed by atoms with Gasteiger partial charge in [0, 0.05) is 23.1 Å². The number of rotatable bonds is 6. The molecule has 0 aromatic heterocycles. The Hall–Kier alpha value is -0.910. The number of thioether (sulfide) groups is 1. The average molecular weight is 219 g/mol. The third-order valence-corrected chi connectivity index (χ3v) is 3.30. The number of hydrogen-bond acceptors (Lipinski definition) is 2. The lowest BCUT2D eigenvalue weighted by Gasteiger charge is -2.09. The molecule has 0 bridgehead atoms. The van der Waals surface area contributed by atoms with Crippen LogP contribution in [0.3, 0.4) is 0 Å². The van der Waals surface area contributed by atoms with Crippen LogP contribution in [0.1, 0.15) is 19.3 Å². The number of benzene rings is 1. The largest absolute Gasteiger partial charge is 0.327 e. The summed E-state index contributed by atoms with van der Waals surface area (Å²) >= 11 is 1.81. The second-order valence-corrected chi connectivity index (χ2v) is 4.57. The zero-order valence-corrected chi connectivity index (χ0v) is 9.67. The molecule has 0 heterocycles. The zero-order chi connectivity index (χ0) is 10.9. The van der Waals surface area contributed by atoms with Gasteiger partial charge in [0.1, 0.15) is 0 Å². The van der Waals surface area contributed by atoms with Crippen LogP contribution in [-0.2, 0) is 0 Å². The van der Waals surface area contributed by atoms with E-state index < -0.39 is 0 Å². The van der Waals surface area contributed by atoms with Crippen molar-refractivity contribution in [2.24, 2.45) is 5.73 Å². The Morgan fingerprint density at radius 2 is 2.07 bits per heavy atom. The van der Waals surface area contributed by atoms with Gasteiger partial charge in [-0.05, 0) is 25.0 Å². The molecular formula is C13H17NS. The number of hydrogen-bond donors (Lipinski definition) is 1. The van der Waals surface area contributed by atoms with E-state index >= 15 is 0 Å². The van der Waals surface area contributed by atoms with Gasteiger partial charge >= 0.3 is 0 Å². The summed E-state index contributed by atoms with van der Waals surface area (Å²) in [5.41, 5.74) is 5.97. The highest BCUT2D eigenvalue weighted by atomic mass is 32.2. The molecule has 0 radical (unpaired) electrons. The normalized spacial score (nSPS) is 12.0. The van der Waals surface area contributed by atoms with Gasteiger partial charge in [-0.1, -0.05) is 18.2 Å². The number of nitrogens with two attached hydrogens (primary N) is 1. The van der Waals surface area contributed by atoms with Crippen molar-refractivity contribution < 1.29 is 0 Å². The molecule has 1 nitrogen and oxygen atoms in total. The fourth-order valence-electron chi connectivity index (χ4n) is 1.27. The third-order valence-electron chi connectivity index (χ3n) is 2.10. The van der Waals surface area contributed by atoms with E-state index in [1.54, 1.807) is 0 Å². The van der Waals surface area contributed by atoms with E-state index in [9.17, 15) is 0 Å². The monoisotopic (exact) mass is 219 g/mol. The summed E-state index contributed by atoms with van der Waals surface area (Å²) in [7, 11) is 0. The van der Waals surface area contributed by atoms with Crippen LogP contribution in [0.4, 0.5) is 0 Å². The minimum Gasteiger partial charge on any atom is -0.327 e. The summed E-state index contributed by atoms with van der Waals surface area (Å²) in [5.74, 6) is 3.60. The van der Waals surface area contributed by atoms with Crippen LogP contribution < -0.4 is 5.73 Å². The topological polar surface area (TPSA) is 26.0 Å². The highest BCUT2D eigenvalue weighted by molar-refractivity contribution is 7.99. The molecular weight excluding hydrogens is 202 g/mol. The second-order valence-electron chi connectivity index (χ2n) is 3.48. The molecule has 1 atom stereocenters. The second kappa shape index (κ2) is 7.39. The molecule has 1 aromatic carbocycles. The van der Waals surface area contributed by atoms with Crippen molar-refractivity contribution in [3.63, 3.8) is 0 Å². The van der Waals surface area contributed by atoms with E-state index in [1.807, 2.05) is 30.0 Å². The van der Waals surface area contributed by atoms with Crippen LogP contribution >= 0.6 is 11.8 Å². The highest BCUT2D eigenvalue weighted by Gasteiger charge is 2.02. The Morgan fingerprint density at radius 1 is 1.33 bits per heavy atom. The summed E-state index contributed by atoms with van der Waals surface area (Å²) in [6, 6.07) is 10.6. The zero-order valence-electron chi connectivity index (χ0n) is 8.86. The predicted molar refractivity (Wildman–Crippen MR) is 67.8 cm³/mol. The van der Waals surface area contributed by atoms with Gasteiger partial charge in [0.25, 0.3) is 0 Å². The molecule has 0 amide bonds. The Bertz CT molecular complexity index is 302. The van der Waals surface area contributed by atoms with Crippen molar-refractivity contribution in [3.8, 4) is 12.3 Å². The molecule has 15 heavy (non-hydrogen) atoms. The van der Waals surface area contributed by atoms with Gasteiger partial charge in [0.15, 0.2) is 0 Å². The third kappa shape index (κ3) is 5.51. The maximum absolute atomic E-state index is 5.97. The molecule has 80 valence electrons. The molecule has 2 heteroatoms. The maximum Gasteiger partial charge on any atom is 0.0134 e. The van der Waals surface area contributed by atoms with Gasteiger partial charge in [-0.3, -0.25) is 0 Å². The molecule has 0 spiro atoms. The quantitative estimate of drug-likeness (QED) is 0.452. The van der Waals surface area contributed by atoms with Crippen molar-refractivity contribution in [3.05, 3.63) is 30.3 Å². The predicted octanol–water partition coefficient (Wildman–Crippen LogP) is 2.91. The Balaban J connectivity index is 2.17. The molecule has 0 saturated carbocycles. The van der Waals surface area contributed by atoms with E-state index in [2.05, 4.69) is 18.1 Å². The average Bonchev–Trinajstić information content (AvgIpc) is 2.28. The first-order valence-corrected chi connectivity index (χ1v) is 6.18. The van der Waals surface area contributed by atoms with Crippen LogP contribution in [0.15, 0.2) is 35.2 Å². The lowest BCUT2D eigenvalue weighted by atomic mass is 10.1. The van der Waals surface area contributed by atoms with Gasteiger partial charge in [-0.2, -0.15) is 0 Å². The van der Waals surface area contributed by atoms with E-state index in [0.29, 0.717) is 0 Å². The highest BCUT2D eigenvalue weighted by Crippen LogP contribution is 2.18. The number of unbranched alkanes of at least 4 members (excludes halogenated alkanes) is 1. The SMILES string of the molecule is C#CCCCC(N)CSc1ccccc1. The summed E-state index contributed by atoms with van der Waals surface area (Å²) in [5, 5.41) is 0. The van der Waals surface area contributed by atoms with Gasteiger partial charge < -0.3 is 5.73 Å². The minimum atomic E-state index is 0.253. The van der Waals surface area contributed by atoms with E-state index in [-0.39, 0.29) is 6.04 Å². The molecule has 1 aromatic rings. The first-order valence-electron chi connectivity index (χ1n) is 5.20. The molecule has 1 rings (SSSR count). The van der Waals surface area contributed by atoms with E-state index in [0.717, 1.165) is 25.0 Å². The van der Waals surface area contributed by atoms with Crippen LogP contribution in [-0.4, -0.2) is 11.8 Å². The fourth-order valence-corrected chi connectivity index (χ4v) is 2.19. The van der Waals surface area contributed by atoms with Crippen molar-refractivity contribution in [2.75, 3.05) is 5.75 Å². The minimum absolute atomic E-state index is 0.253. The Kier molecular flexibility index (Phi) is 5.99. The van der Waals surface area contributed by atoms with Crippen LogP contribution in [0, 0.1) is 12.3 Å². The van der Waals surface area contributed by atoms with Gasteiger partial charge in [0.2, 0.25) is 0 Å². The maximum atomic E-state index is 5.97. The van der Waals surface area contributed by atoms with Crippen molar-refractivity contribution in [2.45, 2.75) is 30.2 Å². The Labute approximate surface area is 96.4 Å². The van der Waals surface area contributed by atoms with Gasteiger partial charge in [0.05, 0.1) is 0 Å². The van der Waals surface area contributed by atoms with Gasteiger partial charge in [-0.25, -0.2) is 0 Å². The lowest BCUT2D eigenvalue weighted by Crippen LogP contribution is -2.22. The van der Waals surface area contributed by atoms with Crippen LogP contribution in [0.25, 0.3) is 0 Å². The summed E-state index contributed by atoms with van der Waals surface area (Å²) in [6.45, 7) is 0. The first kappa shape index (κ1) is 12.2. The molecule has 2 N–H and O–H groups in total. The molecule has 0 aliphatic heterocycles. The smallest absolute Gasteiger partial charge is 0.0134 e. The fraction of sp³-hybridized carbons (Fsp3) is 0.385. The summed E-state index contributed by atoms with van der Waals surface area (Å²) in [6.07, 6.45) is 8.07. The first-order chi connectivity index (χ1) is 7.33. The molecule has 1 unspecified atom stereocenters. The molecule has 0 saturated heterocycles. The van der Waals surface area contributed by atoms with Crippen LogP contribution in [0.2, 0.25) is 0 Å².